The van der Waals surface area contributed by atoms with Crippen molar-refractivity contribution in [3.63, 3.8) is 0 Å². The first kappa shape index (κ1) is 22.8. The summed E-state index contributed by atoms with van der Waals surface area (Å²) in [6.45, 7) is 2.25. The van der Waals surface area contributed by atoms with Crippen LogP contribution in [0.3, 0.4) is 0 Å². The minimum Gasteiger partial charge on any atom is -0.479 e. The van der Waals surface area contributed by atoms with Crippen LogP contribution in [0.15, 0.2) is 12.2 Å². The van der Waals surface area contributed by atoms with Gasteiger partial charge in [0.2, 0.25) is 0 Å². The SMILES string of the molecule is CCCCCC/C=C/[C@H]1[C@H](CO)CC(=O)[C@@H]1CCCCCC(O)C(=O)O. The van der Waals surface area contributed by atoms with Gasteiger partial charge in [0.05, 0.1) is 0 Å². The summed E-state index contributed by atoms with van der Waals surface area (Å²) in [7, 11) is 0. The Morgan fingerprint density at radius 1 is 1.19 bits per heavy atom. The molecule has 1 aliphatic carbocycles. The number of carbonyl (C=O) groups excluding carboxylic acids is 1. The van der Waals surface area contributed by atoms with Gasteiger partial charge in [-0.2, -0.15) is 0 Å². The molecule has 0 aliphatic heterocycles. The van der Waals surface area contributed by atoms with Gasteiger partial charge in [-0.25, -0.2) is 4.79 Å². The molecule has 1 rings (SSSR count). The number of unbranched alkanes of at least 4 members (excludes halogenated alkanes) is 6. The number of Topliss-reactive ketones (excluding diaryl/α,β-unsaturated/α-hetero) is 1. The van der Waals surface area contributed by atoms with Crippen LogP contribution < -0.4 is 0 Å². The smallest absolute Gasteiger partial charge is 0.332 e. The summed E-state index contributed by atoms with van der Waals surface area (Å²) in [5, 5.41) is 27.5. The van der Waals surface area contributed by atoms with Crippen molar-refractivity contribution in [2.24, 2.45) is 17.8 Å². The molecule has 0 bridgehead atoms. The Hall–Kier alpha value is -1.20. The first-order chi connectivity index (χ1) is 12.5. The maximum absolute atomic E-state index is 12.3. The lowest BCUT2D eigenvalue weighted by molar-refractivity contribution is -0.147. The Morgan fingerprint density at radius 2 is 1.92 bits per heavy atom. The fourth-order valence-corrected chi connectivity index (χ4v) is 3.86. The van der Waals surface area contributed by atoms with Crippen molar-refractivity contribution in [3.8, 4) is 0 Å². The summed E-state index contributed by atoms with van der Waals surface area (Å²) in [5.41, 5.74) is 0. The number of carboxylic acids is 1. The van der Waals surface area contributed by atoms with E-state index in [0.717, 1.165) is 25.7 Å². The van der Waals surface area contributed by atoms with E-state index >= 15 is 0 Å². The van der Waals surface area contributed by atoms with Gasteiger partial charge in [-0.05, 0) is 37.5 Å². The highest BCUT2D eigenvalue weighted by Crippen LogP contribution is 2.38. The second-order valence-corrected chi connectivity index (χ2v) is 7.57. The summed E-state index contributed by atoms with van der Waals surface area (Å²) in [6, 6.07) is 0. The molecule has 1 aliphatic rings. The number of hydrogen-bond acceptors (Lipinski definition) is 4. The second kappa shape index (κ2) is 13.0. The van der Waals surface area contributed by atoms with E-state index in [1.165, 1.54) is 25.7 Å². The van der Waals surface area contributed by atoms with E-state index in [-0.39, 0.29) is 36.6 Å². The number of aliphatic hydroxyl groups excluding tert-OH is 2. The third-order valence-electron chi connectivity index (χ3n) is 5.48. The van der Waals surface area contributed by atoms with Gasteiger partial charge in [0, 0.05) is 18.9 Å². The molecule has 150 valence electrons. The molecule has 0 aromatic carbocycles. The molecular formula is C21H36O5. The number of allylic oxidation sites excluding steroid dienone is 2. The standard InChI is InChI=1S/C21H36O5/c1-2-3-4-5-6-8-11-17-16(15-22)14-20(24)18(17)12-9-7-10-13-19(23)21(25)26/h8,11,16-19,22-23H,2-7,9-10,12-15H2,1H3,(H,25,26)/b11-8+/t16-,17-,18+,19?/m0/s1. The molecule has 26 heavy (non-hydrogen) atoms. The van der Waals surface area contributed by atoms with E-state index in [2.05, 4.69) is 19.1 Å². The summed E-state index contributed by atoms with van der Waals surface area (Å²) in [4.78, 5) is 22.9. The van der Waals surface area contributed by atoms with Crippen molar-refractivity contribution in [1.82, 2.24) is 0 Å². The molecule has 0 spiro atoms. The van der Waals surface area contributed by atoms with Gasteiger partial charge in [-0.1, -0.05) is 57.6 Å². The first-order valence-corrected chi connectivity index (χ1v) is 10.2. The molecule has 3 N–H and O–H groups in total. The van der Waals surface area contributed by atoms with Gasteiger partial charge >= 0.3 is 5.97 Å². The zero-order valence-corrected chi connectivity index (χ0v) is 16.1. The largest absolute Gasteiger partial charge is 0.479 e. The summed E-state index contributed by atoms with van der Waals surface area (Å²) in [6.07, 6.45) is 12.8. The molecule has 0 heterocycles. The van der Waals surface area contributed by atoms with Crippen LogP contribution in [0.25, 0.3) is 0 Å². The van der Waals surface area contributed by atoms with Gasteiger partial charge < -0.3 is 15.3 Å². The van der Waals surface area contributed by atoms with Gasteiger partial charge in [-0.3, -0.25) is 4.79 Å². The molecule has 5 nitrogen and oxygen atoms in total. The number of aliphatic hydroxyl groups is 2. The average molecular weight is 369 g/mol. The summed E-state index contributed by atoms with van der Waals surface area (Å²) < 4.78 is 0. The zero-order chi connectivity index (χ0) is 19.4. The van der Waals surface area contributed by atoms with Gasteiger partial charge in [0.15, 0.2) is 6.10 Å². The van der Waals surface area contributed by atoms with Crippen LogP contribution in [-0.4, -0.2) is 39.8 Å². The average Bonchev–Trinajstić information content (AvgIpc) is 2.92. The van der Waals surface area contributed by atoms with Crippen molar-refractivity contribution in [1.29, 1.82) is 0 Å². The van der Waals surface area contributed by atoms with E-state index < -0.39 is 12.1 Å². The van der Waals surface area contributed by atoms with Crippen LogP contribution in [-0.2, 0) is 9.59 Å². The van der Waals surface area contributed by atoms with E-state index in [1.54, 1.807) is 0 Å². The van der Waals surface area contributed by atoms with E-state index in [4.69, 9.17) is 5.11 Å². The number of hydrogen-bond donors (Lipinski definition) is 3. The monoisotopic (exact) mass is 368 g/mol. The van der Waals surface area contributed by atoms with Gasteiger partial charge in [0.25, 0.3) is 0 Å². The minimum absolute atomic E-state index is 0.0246. The van der Waals surface area contributed by atoms with Crippen molar-refractivity contribution >= 4 is 11.8 Å². The lowest BCUT2D eigenvalue weighted by Crippen LogP contribution is -2.19. The van der Waals surface area contributed by atoms with Crippen LogP contribution in [0, 0.1) is 17.8 Å². The molecule has 0 amide bonds. The highest BCUT2D eigenvalue weighted by Gasteiger charge is 2.39. The molecule has 1 fully saturated rings. The predicted octanol–water partition coefficient (Wildman–Crippen LogP) is 3.72. The van der Waals surface area contributed by atoms with Crippen LogP contribution in [0.2, 0.25) is 0 Å². The molecule has 0 aromatic rings. The summed E-state index contributed by atoms with van der Waals surface area (Å²) in [5.74, 6) is -0.791. The van der Waals surface area contributed by atoms with Crippen LogP contribution >= 0.6 is 0 Å². The molecule has 0 saturated heterocycles. The summed E-state index contributed by atoms with van der Waals surface area (Å²) >= 11 is 0. The van der Waals surface area contributed by atoms with E-state index in [9.17, 15) is 19.8 Å². The molecule has 0 aromatic heterocycles. The quantitative estimate of drug-likeness (QED) is 0.321. The molecule has 4 atom stereocenters. The lowest BCUT2D eigenvalue weighted by Gasteiger charge is -2.19. The van der Waals surface area contributed by atoms with E-state index in [0.29, 0.717) is 12.8 Å². The lowest BCUT2D eigenvalue weighted by atomic mass is 9.85. The Balaban J connectivity index is 2.40. The van der Waals surface area contributed by atoms with Crippen molar-refractivity contribution in [2.45, 2.75) is 83.7 Å². The maximum atomic E-state index is 12.3. The van der Waals surface area contributed by atoms with Crippen LogP contribution in [0.4, 0.5) is 0 Å². The first-order valence-electron chi connectivity index (χ1n) is 10.2. The van der Waals surface area contributed by atoms with Crippen molar-refractivity contribution < 1.29 is 24.9 Å². The number of ketones is 1. The third-order valence-corrected chi connectivity index (χ3v) is 5.48. The Bertz CT molecular complexity index is 446. The Morgan fingerprint density at radius 3 is 2.58 bits per heavy atom. The van der Waals surface area contributed by atoms with E-state index in [1.807, 2.05) is 0 Å². The fourth-order valence-electron chi connectivity index (χ4n) is 3.86. The van der Waals surface area contributed by atoms with Gasteiger partial charge in [-0.15, -0.1) is 0 Å². The highest BCUT2D eigenvalue weighted by molar-refractivity contribution is 5.84. The number of carboxylic acid groups (broad SMARTS) is 1. The van der Waals surface area contributed by atoms with Crippen molar-refractivity contribution in [2.75, 3.05) is 6.61 Å². The molecule has 5 heteroatoms. The second-order valence-electron chi connectivity index (χ2n) is 7.57. The van der Waals surface area contributed by atoms with Crippen LogP contribution in [0.1, 0.15) is 77.6 Å². The minimum atomic E-state index is -1.29. The molecule has 1 saturated carbocycles. The maximum Gasteiger partial charge on any atom is 0.332 e. The fraction of sp³-hybridized carbons (Fsp3) is 0.810. The topological polar surface area (TPSA) is 94.8 Å². The number of aliphatic carboxylic acids is 1. The highest BCUT2D eigenvalue weighted by atomic mass is 16.4. The normalized spacial score (nSPS) is 24.4. The number of rotatable bonds is 14. The van der Waals surface area contributed by atoms with Crippen molar-refractivity contribution in [3.05, 3.63) is 12.2 Å². The molecular weight excluding hydrogens is 332 g/mol. The third kappa shape index (κ3) is 8.00. The Labute approximate surface area is 157 Å². The molecule has 1 unspecified atom stereocenters. The Kier molecular flexibility index (Phi) is 11.5. The predicted molar refractivity (Wildman–Crippen MR) is 102 cm³/mol. The van der Waals surface area contributed by atoms with Gasteiger partial charge in [0.1, 0.15) is 5.78 Å². The molecule has 0 radical (unpaired) electrons. The van der Waals surface area contributed by atoms with Crippen LogP contribution in [0.5, 0.6) is 0 Å². The zero-order valence-electron chi connectivity index (χ0n) is 16.1. The number of carbonyl (C=O) groups is 2.